The molecule has 0 aliphatic carbocycles. The molecule has 3 rings (SSSR count). The molecular formula is C16H17N3OS2. The van der Waals surface area contributed by atoms with E-state index in [1.807, 2.05) is 25.3 Å². The van der Waals surface area contributed by atoms with Crippen molar-refractivity contribution in [1.29, 1.82) is 0 Å². The standard InChI is InChI=1S/C16H17N3OS2/c1-10-13(16(17)20)8-15(14-9-22-11(2)18-14)19(10)6-5-12-4-3-7-21-12/h3-4,7-9H,5-6H2,1-2H3,(H2,17,20). The number of aryl methyl sites for hydroxylation is 2. The van der Waals surface area contributed by atoms with Crippen molar-refractivity contribution in [2.24, 2.45) is 5.73 Å². The van der Waals surface area contributed by atoms with Crippen molar-refractivity contribution in [2.45, 2.75) is 26.8 Å². The Hall–Kier alpha value is -1.92. The molecule has 1 amide bonds. The number of rotatable bonds is 5. The topological polar surface area (TPSA) is 60.9 Å². The van der Waals surface area contributed by atoms with E-state index in [0.717, 1.165) is 35.1 Å². The molecule has 22 heavy (non-hydrogen) atoms. The lowest BCUT2D eigenvalue weighted by Crippen LogP contribution is -2.13. The lowest BCUT2D eigenvalue weighted by molar-refractivity contribution is 0.0999. The number of hydrogen-bond donors (Lipinski definition) is 1. The second-order valence-electron chi connectivity index (χ2n) is 5.13. The van der Waals surface area contributed by atoms with E-state index < -0.39 is 0 Å². The third-order valence-electron chi connectivity index (χ3n) is 3.68. The van der Waals surface area contributed by atoms with E-state index >= 15 is 0 Å². The van der Waals surface area contributed by atoms with Crippen LogP contribution in [-0.2, 0) is 13.0 Å². The molecule has 0 spiro atoms. The number of aromatic nitrogens is 2. The van der Waals surface area contributed by atoms with Gasteiger partial charge >= 0.3 is 0 Å². The summed E-state index contributed by atoms with van der Waals surface area (Å²) in [5.74, 6) is -0.388. The van der Waals surface area contributed by atoms with Gasteiger partial charge in [-0.25, -0.2) is 4.98 Å². The summed E-state index contributed by atoms with van der Waals surface area (Å²) >= 11 is 3.36. The van der Waals surface area contributed by atoms with Gasteiger partial charge < -0.3 is 10.3 Å². The number of carbonyl (C=O) groups excluding carboxylic acids is 1. The SMILES string of the molecule is Cc1nc(-c2cc(C(N)=O)c(C)n2CCc2cccs2)cs1. The summed E-state index contributed by atoms with van der Waals surface area (Å²) in [6.45, 7) is 4.73. The van der Waals surface area contributed by atoms with Gasteiger partial charge in [-0.05, 0) is 37.8 Å². The Kier molecular flexibility index (Phi) is 4.13. The maximum Gasteiger partial charge on any atom is 0.250 e. The van der Waals surface area contributed by atoms with Gasteiger partial charge in [0.25, 0.3) is 5.91 Å². The van der Waals surface area contributed by atoms with Crippen LogP contribution < -0.4 is 5.73 Å². The summed E-state index contributed by atoms with van der Waals surface area (Å²) in [5.41, 5.74) is 8.86. The maximum atomic E-state index is 11.6. The highest BCUT2D eigenvalue weighted by Crippen LogP contribution is 2.27. The van der Waals surface area contributed by atoms with Crippen LogP contribution in [0.15, 0.2) is 29.0 Å². The molecule has 3 heterocycles. The van der Waals surface area contributed by atoms with E-state index in [1.165, 1.54) is 4.88 Å². The van der Waals surface area contributed by atoms with Crippen LogP contribution in [0.25, 0.3) is 11.4 Å². The molecule has 0 bridgehead atoms. The number of carbonyl (C=O) groups is 1. The molecule has 0 saturated carbocycles. The molecule has 0 aliphatic rings. The van der Waals surface area contributed by atoms with Gasteiger partial charge in [-0.2, -0.15) is 0 Å². The third-order valence-corrected chi connectivity index (χ3v) is 5.39. The zero-order valence-electron chi connectivity index (χ0n) is 12.5. The van der Waals surface area contributed by atoms with Crippen molar-refractivity contribution < 1.29 is 4.79 Å². The molecule has 3 aromatic rings. The second kappa shape index (κ2) is 6.06. The molecule has 0 radical (unpaired) electrons. The van der Waals surface area contributed by atoms with Crippen LogP contribution in [0.5, 0.6) is 0 Å². The predicted molar refractivity (Wildman–Crippen MR) is 91.6 cm³/mol. The number of thiophene rings is 1. The van der Waals surface area contributed by atoms with Gasteiger partial charge in [-0.1, -0.05) is 6.07 Å². The highest BCUT2D eigenvalue weighted by molar-refractivity contribution is 7.10. The minimum Gasteiger partial charge on any atom is -0.366 e. The first-order valence-corrected chi connectivity index (χ1v) is 8.77. The third kappa shape index (κ3) is 2.84. The summed E-state index contributed by atoms with van der Waals surface area (Å²) in [7, 11) is 0. The fourth-order valence-electron chi connectivity index (χ4n) is 2.55. The Bertz CT molecular complexity index is 800. The van der Waals surface area contributed by atoms with Gasteiger partial charge in [0, 0.05) is 22.5 Å². The molecular weight excluding hydrogens is 314 g/mol. The summed E-state index contributed by atoms with van der Waals surface area (Å²) in [4.78, 5) is 17.5. The van der Waals surface area contributed by atoms with Crippen molar-refractivity contribution in [1.82, 2.24) is 9.55 Å². The molecule has 0 unspecified atom stereocenters. The quantitative estimate of drug-likeness (QED) is 0.776. The Labute approximate surface area is 137 Å². The van der Waals surface area contributed by atoms with Crippen molar-refractivity contribution in [3.8, 4) is 11.4 Å². The van der Waals surface area contributed by atoms with Crippen LogP contribution in [0.2, 0.25) is 0 Å². The van der Waals surface area contributed by atoms with Gasteiger partial charge in [0.05, 0.1) is 22.0 Å². The molecule has 6 heteroatoms. The number of nitrogens with zero attached hydrogens (tertiary/aromatic N) is 2. The van der Waals surface area contributed by atoms with Crippen LogP contribution in [-0.4, -0.2) is 15.5 Å². The summed E-state index contributed by atoms with van der Waals surface area (Å²) in [6.07, 6.45) is 0.932. The summed E-state index contributed by atoms with van der Waals surface area (Å²) in [5, 5.41) is 5.12. The Morgan fingerprint density at radius 2 is 2.18 bits per heavy atom. The van der Waals surface area contributed by atoms with Crippen LogP contribution in [0, 0.1) is 13.8 Å². The number of nitrogens with two attached hydrogens (primary N) is 1. The van der Waals surface area contributed by atoms with Gasteiger partial charge in [-0.15, -0.1) is 22.7 Å². The highest BCUT2D eigenvalue weighted by Gasteiger charge is 2.18. The zero-order chi connectivity index (χ0) is 15.7. The first kappa shape index (κ1) is 15.0. The summed E-state index contributed by atoms with van der Waals surface area (Å²) < 4.78 is 2.15. The van der Waals surface area contributed by atoms with E-state index in [4.69, 9.17) is 5.73 Å². The predicted octanol–water partition coefficient (Wildman–Crippen LogP) is 3.63. The van der Waals surface area contributed by atoms with E-state index in [9.17, 15) is 4.79 Å². The molecule has 114 valence electrons. The number of thiazole rings is 1. The lowest BCUT2D eigenvalue weighted by atomic mass is 10.2. The second-order valence-corrected chi connectivity index (χ2v) is 7.22. The van der Waals surface area contributed by atoms with Gasteiger partial charge in [0.1, 0.15) is 0 Å². The van der Waals surface area contributed by atoms with Gasteiger partial charge in [0.15, 0.2) is 0 Å². The normalized spacial score (nSPS) is 11.0. The van der Waals surface area contributed by atoms with Crippen molar-refractivity contribution >= 4 is 28.6 Å². The van der Waals surface area contributed by atoms with Crippen molar-refractivity contribution in [2.75, 3.05) is 0 Å². The highest BCUT2D eigenvalue weighted by atomic mass is 32.1. The first-order chi connectivity index (χ1) is 10.6. The van der Waals surface area contributed by atoms with Crippen LogP contribution in [0.1, 0.15) is 25.9 Å². The number of amides is 1. The van der Waals surface area contributed by atoms with E-state index in [2.05, 4.69) is 27.1 Å². The van der Waals surface area contributed by atoms with Crippen LogP contribution >= 0.6 is 22.7 Å². The lowest BCUT2D eigenvalue weighted by Gasteiger charge is -2.10. The summed E-state index contributed by atoms with van der Waals surface area (Å²) in [6, 6.07) is 6.05. The number of hydrogen-bond acceptors (Lipinski definition) is 4. The first-order valence-electron chi connectivity index (χ1n) is 7.01. The Balaban J connectivity index is 2.00. The minimum atomic E-state index is -0.388. The smallest absolute Gasteiger partial charge is 0.250 e. The molecule has 0 atom stereocenters. The molecule has 3 aromatic heterocycles. The monoisotopic (exact) mass is 331 g/mol. The largest absolute Gasteiger partial charge is 0.366 e. The van der Waals surface area contributed by atoms with Crippen LogP contribution in [0.4, 0.5) is 0 Å². The van der Waals surface area contributed by atoms with Crippen molar-refractivity contribution in [3.63, 3.8) is 0 Å². The van der Waals surface area contributed by atoms with E-state index in [1.54, 1.807) is 22.7 Å². The molecule has 0 fully saturated rings. The molecule has 0 saturated heterocycles. The fourth-order valence-corrected chi connectivity index (χ4v) is 3.86. The minimum absolute atomic E-state index is 0.388. The van der Waals surface area contributed by atoms with Gasteiger partial charge in [-0.3, -0.25) is 4.79 Å². The maximum absolute atomic E-state index is 11.6. The molecule has 2 N–H and O–H groups in total. The zero-order valence-corrected chi connectivity index (χ0v) is 14.1. The average Bonchev–Trinajstić information content (AvgIpc) is 3.17. The molecule has 0 aromatic carbocycles. The van der Waals surface area contributed by atoms with E-state index in [0.29, 0.717) is 5.56 Å². The fraction of sp³-hybridized carbons (Fsp3) is 0.250. The van der Waals surface area contributed by atoms with Crippen LogP contribution in [0.3, 0.4) is 0 Å². The van der Waals surface area contributed by atoms with E-state index in [-0.39, 0.29) is 5.91 Å². The Morgan fingerprint density at radius 1 is 1.36 bits per heavy atom. The average molecular weight is 331 g/mol. The van der Waals surface area contributed by atoms with Gasteiger partial charge in [0.2, 0.25) is 0 Å². The Morgan fingerprint density at radius 3 is 2.77 bits per heavy atom. The number of primary amides is 1. The molecule has 0 aliphatic heterocycles. The van der Waals surface area contributed by atoms with Crippen molar-refractivity contribution in [3.05, 3.63) is 50.1 Å². The molecule has 4 nitrogen and oxygen atoms in total.